The SMILES string of the molecule is CC(C(=O)N(C)Cc1ccccc1)c1ccc(O)c(O)c1. The van der Waals surface area contributed by atoms with Crippen molar-refractivity contribution in [3.63, 3.8) is 0 Å². The molecule has 0 saturated heterocycles. The van der Waals surface area contributed by atoms with E-state index < -0.39 is 0 Å². The van der Waals surface area contributed by atoms with Crippen LogP contribution >= 0.6 is 0 Å². The summed E-state index contributed by atoms with van der Waals surface area (Å²) in [5.74, 6) is -0.817. The monoisotopic (exact) mass is 285 g/mol. The molecule has 2 aromatic rings. The summed E-state index contributed by atoms with van der Waals surface area (Å²) < 4.78 is 0. The van der Waals surface area contributed by atoms with E-state index in [0.717, 1.165) is 5.56 Å². The molecule has 0 aliphatic heterocycles. The number of phenols is 2. The second kappa shape index (κ2) is 6.31. The maximum absolute atomic E-state index is 12.4. The third kappa shape index (κ3) is 3.54. The van der Waals surface area contributed by atoms with E-state index in [1.807, 2.05) is 30.3 Å². The molecular weight excluding hydrogens is 266 g/mol. The highest BCUT2D eigenvalue weighted by Crippen LogP contribution is 2.29. The van der Waals surface area contributed by atoms with Crippen LogP contribution in [0, 0.1) is 0 Å². The van der Waals surface area contributed by atoms with Crippen molar-refractivity contribution < 1.29 is 15.0 Å². The number of hydrogen-bond donors (Lipinski definition) is 2. The molecule has 0 saturated carbocycles. The smallest absolute Gasteiger partial charge is 0.229 e. The summed E-state index contributed by atoms with van der Waals surface area (Å²) in [6.07, 6.45) is 0. The van der Waals surface area contributed by atoms with Gasteiger partial charge in [-0.25, -0.2) is 0 Å². The summed E-state index contributed by atoms with van der Waals surface area (Å²) in [6, 6.07) is 14.2. The number of amides is 1. The quantitative estimate of drug-likeness (QED) is 0.849. The Bertz CT molecular complexity index is 625. The molecule has 0 fully saturated rings. The average molecular weight is 285 g/mol. The van der Waals surface area contributed by atoms with Crippen molar-refractivity contribution >= 4 is 5.91 Å². The van der Waals surface area contributed by atoms with Crippen molar-refractivity contribution in [3.05, 3.63) is 59.7 Å². The van der Waals surface area contributed by atoms with Crippen LogP contribution in [0.3, 0.4) is 0 Å². The second-order valence-electron chi connectivity index (χ2n) is 5.15. The molecule has 0 spiro atoms. The zero-order valence-electron chi connectivity index (χ0n) is 12.2. The Labute approximate surface area is 124 Å². The molecule has 2 aromatic carbocycles. The molecule has 0 heterocycles. The van der Waals surface area contributed by atoms with Crippen molar-refractivity contribution in [3.8, 4) is 11.5 Å². The van der Waals surface area contributed by atoms with Crippen LogP contribution in [0.5, 0.6) is 11.5 Å². The second-order valence-corrected chi connectivity index (χ2v) is 5.15. The standard InChI is InChI=1S/C17H19NO3/c1-12(14-8-9-15(19)16(20)10-14)17(21)18(2)11-13-6-4-3-5-7-13/h3-10,12,19-20H,11H2,1-2H3. The third-order valence-electron chi connectivity index (χ3n) is 3.51. The number of likely N-dealkylation sites (N-methyl/N-ethyl adjacent to an activating group) is 1. The summed E-state index contributed by atoms with van der Waals surface area (Å²) >= 11 is 0. The van der Waals surface area contributed by atoms with E-state index >= 15 is 0 Å². The van der Waals surface area contributed by atoms with Crippen LogP contribution in [0.2, 0.25) is 0 Å². The molecule has 2 N–H and O–H groups in total. The van der Waals surface area contributed by atoms with Crippen molar-refractivity contribution in [2.24, 2.45) is 0 Å². The molecule has 0 aliphatic rings. The minimum absolute atomic E-state index is 0.0380. The zero-order chi connectivity index (χ0) is 15.4. The van der Waals surface area contributed by atoms with Gasteiger partial charge in [0.05, 0.1) is 5.92 Å². The van der Waals surface area contributed by atoms with E-state index in [0.29, 0.717) is 12.1 Å². The molecule has 2 rings (SSSR count). The predicted octanol–water partition coefficient (Wildman–Crippen LogP) is 2.86. The van der Waals surface area contributed by atoms with E-state index in [-0.39, 0.29) is 23.3 Å². The number of carbonyl (C=O) groups excluding carboxylic acids is 1. The van der Waals surface area contributed by atoms with Crippen molar-refractivity contribution in [2.75, 3.05) is 7.05 Å². The summed E-state index contributed by atoms with van der Waals surface area (Å²) in [5.41, 5.74) is 1.74. The Morgan fingerprint density at radius 1 is 1.10 bits per heavy atom. The van der Waals surface area contributed by atoms with Gasteiger partial charge in [0.15, 0.2) is 11.5 Å². The number of phenolic OH excluding ortho intramolecular Hbond substituents is 2. The van der Waals surface area contributed by atoms with Crippen LogP contribution in [-0.4, -0.2) is 28.1 Å². The lowest BCUT2D eigenvalue weighted by Gasteiger charge is -2.22. The number of carbonyl (C=O) groups is 1. The average Bonchev–Trinajstić information content (AvgIpc) is 2.49. The molecule has 0 radical (unpaired) electrons. The summed E-state index contributed by atoms with van der Waals surface area (Å²) in [5, 5.41) is 18.9. The fourth-order valence-corrected chi connectivity index (χ4v) is 2.22. The number of nitrogens with zero attached hydrogens (tertiary/aromatic N) is 1. The van der Waals surface area contributed by atoms with Crippen LogP contribution in [0.15, 0.2) is 48.5 Å². The largest absolute Gasteiger partial charge is 0.504 e. The lowest BCUT2D eigenvalue weighted by Crippen LogP contribution is -2.30. The van der Waals surface area contributed by atoms with E-state index in [2.05, 4.69) is 0 Å². The summed E-state index contributed by atoms with van der Waals surface area (Å²) in [7, 11) is 1.76. The molecule has 1 atom stereocenters. The zero-order valence-corrected chi connectivity index (χ0v) is 12.2. The molecular formula is C17H19NO3. The Balaban J connectivity index is 2.09. The van der Waals surface area contributed by atoms with Crippen molar-refractivity contribution in [2.45, 2.75) is 19.4 Å². The maximum Gasteiger partial charge on any atom is 0.229 e. The van der Waals surface area contributed by atoms with Gasteiger partial charge in [-0.2, -0.15) is 0 Å². The van der Waals surface area contributed by atoms with Crippen LogP contribution in [0.4, 0.5) is 0 Å². The molecule has 0 bridgehead atoms. The first-order valence-corrected chi connectivity index (χ1v) is 6.80. The van der Waals surface area contributed by atoms with Gasteiger partial charge in [0, 0.05) is 13.6 Å². The Morgan fingerprint density at radius 3 is 2.38 bits per heavy atom. The Hall–Kier alpha value is -2.49. The normalized spacial score (nSPS) is 11.9. The molecule has 0 aromatic heterocycles. The molecule has 1 unspecified atom stereocenters. The molecule has 4 nitrogen and oxygen atoms in total. The molecule has 21 heavy (non-hydrogen) atoms. The topological polar surface area (TPSA) is 60.8 Å². The van der Waals surface area contributed by atoms with Crippen LogP contribution in [0.1, 0.15) is 24.0 Å². The summed E-state index contributed by atoms with van der Waals surface area (Å²) in [4.78, 5) is 14.1. The highest BCUT2D eigenvalue weighted by atomic mass is 16.3. The van der Waals surface area contributed by atoms with Crippen LogP contribution in [-0.2, 0) is 11.3 Å². The van der Waals surface area contributed by atoms with Crippen molar-refractivity contribution in [1.29, 1.82) is 0 Å². The van der Waals surface area contributed by atoms with Crippen LogP contribution in [0.25, 0.3) is 0 Å². The lowest BCUT2D eigenvalue weighted by atomic mass is 9.99. The lowest BCUT2D eigenvalue weighted by molar-refractivity contribution is -0.131. The molecule has 1 amide bonds. The van der Waals surface area contributed by atoms with Gasteiger partial charge in [-0.1, -0.05) is 36.4 Å². The number of rotatable bonds is 4. The van der Waals surface area contributed by atoms with E-state index in [4.69, 9.17) is 0 Å². The van der Waals surface area contributed by atoms with Gasteiger partial charge < -0.3 is 15.1 Å². The van der Waals surface area contributed by atoms with E-state index in [1.54, 1.807) is 24.9 Å². The number of hydrogen-bond acceptors (Lipinski definition) is 3. The molecule has 0 aliphatic carbocycles. The Morgan fingerprint density at radius 2 is 1.76 bits per heavy atom. The fraction of sp³-hybridized carbons (Fsp3) is 0.235. The fourth-order valence-electron chi connectivity index (χ4n) is 2.22. The number of benzene rings is 2. The first kappa shape index (κ1) is 14.9. The molecule has 4 heteroatoms. The Kier molecular flexibility index (Phi) is 4.48. The van der Waals surface area contributed by atoms with E-state index in [9.17, 15) is 15.0 Å². The minimum Gasteiger partial charge on any atom is -0.504 e. The molecule has 110 valence electrons. The van der Waals surface area contributed by atoms with Gasteiger partial charge in [0.1, 0.15) is 0 Å². The predicted molar refractivity (Wildman–Crippen MR) is 81.1 cm³/mol. The van der Waals surface area contributed by atoms with E-state index in [1.165, 1.54) is 12.1 Å². The van der Waals surface area contributed by atoms with Gasteiger partial charge in [0.25, 0.3) is 0 Å². The van der Waals surface area contributed by atoms with Gasteiger partial charge in [0.2, 0.25) is 5.91 Å². The third-order valence-corrected chi connectivity index (χ3v) is 3.51. The highest BCUT2D eigenvalue weighted by molar-refractivity contribution is 5.83. The van der Waals surface area contributed by atoms with Crippen molar-refractivity contribution in [1.82, 2.24) is 4.90 Å². The van der Waals surface area contributed by atoms with Crippen LogP contribution < -0.4 is 0 Å². The maximum atomic E-state index is 12.4. The van der Waals surface area contributed by atoms with Gasteiger partial charge in [-0.3, -0.25) is 4.79 Å². The van der Waals surface area contributed by atoms with Gasteiger partial charge >= 0.3 is 0 Å². The summed E-state index contributed by atoms with van der Waals surface area (Å²) in [6.45, 7) is 2.32. The van der Waals surface area contributed by atoms with Gasteiger partial charge in [-0.05, 0) is 30.2 Å². The van der Waals surface area contributed by atoms with Gasteiger partial charge in [-0.15, -0.1) is 0 Å². The minimum atomic E-state index is -0.384. The first-order valence-electron chi connectivity index (χ1n) is 6.80. The highest BCUT2D eigenvalue weighted by Gasteiger charge is 2.20. The number of aromatic hydroxyl groups is 2. The first-order chi connectivity index (χ1) is 9.99.